The van der Waals surface area contributed by atoms with Gasteiger partial charge in [0.15, 0.2) is 11.5 Å². The smallest absolute Gasteiger partial charge is 0.234 e. The molecular weight excluding hydrogens is 330 g/mol. The van der Waals surface area contributed by atoms with Gasteiger partial charge in [-0.3, -0.25) is 14.7 Å². The number of ether oxygens (including phenoxy) is 2. The number of rotatable bonds is 5. The number of hydrogen-bond acceptors (Lipinski definition) is 5. The maximum atomic E-state index is 12.4. The number of carbonyl (C=O) groups excluding carboxylic acids is 1. The van der Waals surface area contributed by atoms with Gasteiger partial charge in [0.05, 0.1) is 6.54 Å². The second-order valence-electron chi connectivity index (χ2n) is 6.67. The molecule has 4 rings (SSSR count). The molecule has 6 nitrogen and oxygen atoms in total. The molecule has 0 radical (unpaired) electrons. The summed E-state index contributed by atoms with van der Waals surface area (Å²) in [5.41, 5.74) is 2.19. The summed E-state index contributed by atoms with van der Waals surface area (Å²) >= 11 is 0. The molecule has 1 atom stereocenters. The minimum atomic E-state index is 0.0401. The second kappa shape index (κ2) is 7.74. The van der Waals surface area contributed by atoms with E-state index in [1.807, 2.05) is 18.2 Å². The lowest BCUT2D eigenvalue weighted by molar-refractivity contribution is -0.122. The number of aromatic nitrogens is 1. The molecule has 1 fully saturated rings. The van der Waals surface area contributed by atoms with Crippen molar-refractivity contribution in [3.63, 3.8) is 0 Å². The van der Waals surface area contributed by atoms with Gasteiger partial charge in [-0.1, -0.05) is 12.1 Å². The van der Waals surface area contributed by atoms with Gasteiger partial charge in [0.2, 0.25) is 5.91 Å². The van der Waals surface area contributed by atoms with Crippen molar-refractivity contribution in [2.75, 3.05) is 26.3 Å². The van der Waals surface area contributed by atoms with Crippen molar-refractivity contribution in [3.05, 3.63) is 53.9 Å². The highest BCUT2D eigenvalue weighted by atomic mass is 16.6. The Kier molecular flexibility index (Phi) is 5.02. The molecular formula is C20H23N3O3. The predicted molar refractivity (Wildman–Crippen MR) is 97.1 cm³/mol. The van der Waals surface area contributed by atoms with Gasteiger partial charge in [-0.25, -0.2) is 0 Å². The Morgan fingerprint density at radius 3 is 2.96 bits per heavy atom. The molecule has 1 aromatic heterocycles. The number of pyridine rings is 1. The number of amides is 1. The Bertz CT molecular complexity index is 766. The van der Waals surface area contributed by atoms with Crippen LogP contribution in [0.1, 0.15) is 30.0 Å². The number of carbonyl (C=O) groups is 1. The highest BCUT2D eigenvalue weighted by Gasteiger charge is 2.28. The van der Waals surface area contributed by atoms with Crippen molar-refractivity contribution >= 4 is 5.91 Å². The molecule has 0 spiro atoms. The van der Waals surface area contributed by atoms with E-state index in [4.69, 9.17) is 9.47 Å². The highest BCUT2D eigenvalue weighted by molar-refractivity contribution is 5.78. The van der Waals surface area contributed by atoms with Gasteiger partial charge in [0.25, 0.3) is 0 Å². The number of benzene rings is 1. The zero-order chi connectivity index (χ0) is 17.8. The average molecular weight is 353 g/mol. The summed E-state index contributed by atoms with van der Waals surface area (Å²) in [6.45, 7) is 3.02. The molecule has 3 heterocycles. The zero-order valence-electron chi connectivity index (χ0n) is 14.7. The standard InChI is InChI=1S/C20H23N3O3/c24-20(22-13-15-3-1-7-21-12-15)14-23-8-2-4-17(23)16-5-6-18-19(11-16)26-10-9-25-18/h1,3,5-7,11-12,17H,2,4,8-10,13-14H2,(H,22,24). The minimum absolute atomic E-state index is 0.0401. The zero-order valence-corrected chi connectivity index (χ0v) is 14.7. The molecule has 26 heavy (non-hydrogen) atoms. The third-order valence-electron chi connectivity index (χ3n) is 4.87. The molecule has 136 valence electrons. The van der Waals surface area contributed by atoms with Gasteiger partial charge in [-0.05, 0) is 48.7 Å². The van der Waals surface area contributed by atoms with Crippen LogP contribution in [-0.2, 0) is 11.3 Å². The first kappa shape index (κ1) is 16.8. The molecule has 1 N–H and O–H groups in total. The SMILES string of the molecule is O=C(CN1CCCC1c1ccc2c(c1)OCCO2)NCc1cccnc1. The van der Waals surface area contributed by atoms with Crippen molar-refractivity contribution < 1.29 is 14.3 Å². The monoisotopic (exact) mass is 353 g/mol. The molecule has 2 aliphatic rings. The Morgan fingerprint density at radius 1 is 1.23 bits per heavy atom. The normalized spacial score (nSPS) is 19.3. The summed E-state index contributed by atoms with van der Waals surface area (Å²) in [7, 11) is 0. The van der Waals surface area contributed by atoms with Crippen LogP contribution in [0.25, 0.3) is 0 Å². The number of nitrogens with one attached hydrogen (secondary N) is 1. The summed E-state index contributed by atoms with van der Waals surface area (Å²) in [5, 5.41) is 2.98. The molecule has 6 heteroatoms. The lowest BCUT2D eigenvalue weighted by atomic mass is 10.0. The summed E-state index contributed by atoms with van der Waals surface area (Å²) in [6, 6.07) is 10.2. The Balaban J connectivity index is 1.38. The number of nitrogens with zero attached hydrogens (tertiary/aromatic N) is 2. The van der Waals surface area contributed by atoms with Crippen LogP contribution in [0.3, 0.4) is 0 Å². The summed E-state index contributed by atoms with van der Waals surface area (Å²) in [6.07, 6.45) is 5.64. The largest absolute Gasteiger partial charge is 0.486 e. The van der Waals surface area contributed by atoms with Gasteiger partial charge in [-0.15, -0.1) is 0 Å². The quantitative estimate of drug-likeness (QED) is 0.894. The van der Waals surface area contributed by atoms with E-state index < -0.39 is 0 Å². The molecule has 1 amide bonds. The van der Waals surface area contributed by atoms with Gasteiger partial charge >= 0.3 is 0 Å². The van der Waals surface area contributed by atoms with Gasteiger partial charge < -0.3 is 14.8 Å². The third-order valence-corrected chi connectivity index (χ3v) is 4.87. The Morgan fingerprint density at radius 2 is 2.12 bits per heavy atom. The van der Waals surface area contributed by atoms with E-state index in [1.54, 1.807) is 12.4 Å². The molecule has 1 unspecified atom stereocenters. The Hall–Kier alpha value is -2.60. The van der Waals surface area contributed by atoms with E-state index in [-0.39, 0.29) is 11.9 Å². The van der Waals surface area contributed by atoms with Crippen molar-refractivity contribution in [3.8, 4) is 11.5 Å². The van der Waals surface area contributed by atoms with E-state index in [2.05, 4.69) is 27.3 Å². The van der Waals surface area contributed by atoms with Crippen LogP contribution in [0.4, 0.5) is 0 Å². The number of fused-ring (bicyclic) bond motifs is 1. The molecule has 1 saturated heterocycles. The molecule has 2 aromatic rings. The molecule has 0 bridgehead atoms. The Labute approximate surface area is 153 Å². The van der Waals surface area contributed by atoms with Gasteiger partial charge in [0.1, 0.15) is 13.2 Å². The lowest BCUT2D eigenvalue weighted by Gasteiger charge is -2.26. The number of hydrogen-bond donors (Lipinski definition) is 1. The van der Waals surface area contributed by atoms with Gasteiger partial charge in [-0.2, -0.15) is 0 Å². The van der Waals surface area contributed by atoms with Crippen LogP contribution in [0.2, 0.25) is 0 Å². The topological polar surface area (TPSA) is 63.7 Å². The predicted octanol–water partition coefficient (Wildman–Crippen LogP) is 2.31. The molecule has 2 aliphatic heterocycles. The summed E-state index contributed by atoms with van der Waals surface area (Å²) in [4.78, 5) is 18.7. The van der Waals surface area contributed by atoms with E-state index >= 15 is 0 Å². The average Bonchev–Trinajstić information content (AvgIpc) is 3.15. The van der Waals surface area contributed by atoms with E-state index in [9.17, 15) is 4.79 Å². The first-order valence-corrected chi connectivity index (χ1v) is 9.09. The third kappa shape index (κ3) is 3.80. The van der Waals surface area contributed by atoms with Crippen LogP contribution < -0.4 is 14.8 Å². The number of likely N-dealkylation sites (tertiary alicyclic amines) is 1. The van der Waals surface area contributed by atoms with E-state index in [1.165, 1.54) is 5.56 Å². The lowest BCUT2D eigenvalue weighted by Crippen LogP contribution is -2.36. The van der Waals surface area contributed by atoms with Crippen molar-refractivity contribution in [2.24, 2.45) is 0 Å². The molecule has 1 aromatic carbocycles. The maximum Gasteiger partial charge on any atom is 0.234 e. The fourth-order valence-corrected chi connectivity index (χ4v) is 3.60. The van der Waals surface area contributed by atoms with Crippen molar-refractivity contribution in [1.82, 2.24) is 15.2 Å². The van der Waals surface area contributed by atoms with E-state index in [0.717, 1.165) is 36.4 Å². The summed E-state index contributed by atoms with van der Waals surface area (Å²) in [5.74, 6) is 1.65. The van der Waals surface area contributed by atoms with Crippen molar-refractivity contribution in [2.45, 2.75) is 25.4 Å². The summed E-state index contributed by atoms with van der Waals surface area (Å²) < 4.78 is 11.3. The van der Waals surface area contributed by atoms with Crippen LogP contribution in [0.15, 0.2) is 42.7 Å². The second-order valence-corrected chi connectivity index (χ2v) is 6.67. The first-order chi connectivity index (χ1) is 12.8. The van der Waals surface area contributed by atoms with Crippen LogP contribution in [0, 0.1) is 0 Å². The van der Waals surface area contributed by atoms with Crippen LogP contribution in [-0.4, -0.2) is 42.1 Å². The van der Waals surface area contributed by atoms with Crippen molar-refractivity contribution in [1.29, 1.82) is 0 Å². The van der Waals surface area contributed by atoms with Crippen LogP contribution in [0.5, 0.6) is 11.5 Å². The fourth-order valence-electron chi connectivity index (χ4n) is 3.60. The first-order valence-electron chi connectivity index (χ1n) is 9.09. The van der Waals surface area contributed by atoms with Gasteiger partial charge in [0, 0.05) is 25.0 Å². The molecule has 0 aliphatic carbocycles. The van der Waals surface area contributed by atoms with E-state index in [0.29, 0.717) is 26.3 Å². The molecule has 0 saturated carbocycles. The highest BCUT2D eigenvalue weighted by Crippen LogP contribution is 2.37. The van der Waals surface area contributed by atoms with Crippen LogP contribution >= 0.6 is 0 Å². The fraction of sp³-hybridized carbons (Fsp3) is 0.400. The maximum absolute atomic E-state index is 12.4. The minimum Gasteiger partial charge on any atom is -0.486 e.